The highest BCUT2D eigenvalue weighted by Crippen LogP contribution is 2.29. The lowest BCUT2D eigenvalue weighted by Crippen LogP contribution is -2.15. The zero-order valence-electron chi connectivity index (χ0n) is 18.5. The number of hydrogen-bond acceptors (Lipinski definition) is 3. The molecule has 5 nitrogen and oxygen atoms in total. The van der Waals surface area contributed by atoms with Crippen molar-refractivity contribution in [1.29, 1.82) is 0 Å². The van der Waals surface area contributed by atoms with Gasteiger partial charge in [0, 0.05) is 17.4 Å². The number of benzene rings is 2. The lowest BCUT2D eigenvalue weighted by atomic mass is 10.1. The molecular formula is C27H20F2N4O. The summed E-state index contributed by atoms with van der Waals surface area (Å²) in [6.45, 7) is 3.80. The second-order valence-corrected chi connectivity index (χ2v) is 8.04. The van der Waals surface area contributed by atoms with E-state index in [0.717, 1.165) is 17.2 Å². The Morgan fingerprint density at radius 3 is 2.47 bits per heavy atom. The quantitative estimate of drug-likeness (QED) is 0.351. The van der Waals surface area contributed by atoms with E-state index in [1.54, 1.807) is 22.9 Å². The van der Waals surface area contributed by atoms with Crippen LogP contribution < -0.4 is 5.32 Å². The normalized spacial score (nSPS) is 11.1. The number of imidazole rings is 1. The molecule has 0 aliphatic carbocycles. The zero-order valence-corrected chi connectivity index (χ0v) is 18.5. The molecule has 3 heterocycles. The average molecular weight is 454 g/mol. The molecule has 0 atom stereocenters. The van der Waals surface area contributed by atoms with Crippen LogP contribution in [-0.2, 0) is 0 Å². The Morgan fingerprint density at radius 1 is 0.912 bits per heavy atom. The number of pyridine rings is 2. The Kier molecular flexibility index (Phi) is 5.37. The lowest BCUT2D eigenvalue weighted by Gasteiger charge is -2.11. The van der Waals surface area contributed by atoms with Gasteiger partial charge in [-0.3, -0.25) is 9.20 Å². The Morgan fingerprint density at radius 2 is 1.68 bits per heavy atom. The maximum atomic E-state index is 14.4. The summed E-state index contributed by atoms with van der Waals surface area (Å²) in [7, 11) is 0. The highest BCUT2D eigenvalue weighted by molar-refractivity contribution is 6.04. The third-order valence-corrected chi connectivity index (χ3v) is 5.66. The van der Waals surface area contributed by atoms with Crippen LogP contribution in [0.4, 0.5) is 14.5 Å². The van der Waals surface area contributed by atoms with Crippen molar-refractivity contribution in [2.24, 2.45) is 0 Å². The fourth-order valence-electron chi connectivity index (χ4n) is 3.85. The first-order valence-corrected chi connectivity index (χ1v) is 10.7. The van der Waals surface area contributed by atoms with Gasteiger partial charge in [0.15, 0.2) is 11.6 Å². The van der Waals surface area contributed by atoms with Crippen molar-refractivity contribution in [3.05, 3.63) is 108 Å². The predicted molar refractivity (Wildman–Crippen MR) is 128 cm³/mol. The van der Waals surface area contributed by atoms with Crippen LogP contribution in [0, 0.1) is 25.5 Å². The van der Waals surface area contributed by atoms with Crippen LogP contribution in [0.15, 0.2) is 79.1 Å². The van der Waals surface area contributed by atoms with Gasteiger partial charge >= 0.3 is 0 Å². The summed E-state index contributed by atoms with van der Waals surface area (Å²) < 4.78 is 29.9. The number of nitrogens with zero attached hydrogens (tertiary/aromatic N) is 3. The topological polar surface area (TPSA) is 59.3 Å². The molecule has 1 amide bonds. The van der Waals surface area contributed by atoms with E-state index in [9.17, 15) is 13.6 Å². The van der Waals surface area contributed by atoms with Crippen molar-refractivity contribution in [2.45, 2.75) is 13.8 Å². The number of fused-ring (bicyclic) bond motifs is 1. The molecule has 0 radical (unpaired) electrons. The smallest absolute Gasteiger partial charge is 0.274 e. The number of halogens is 2. The van der Waals surface area contributed by atoms with E-state index < -0.39 is 11.6 Å². The molecule has 1 N–H and O–H groups in total. The third-order valence-electron chi connectivity index (χ3n) is 5.66. The van der Waals surface area contributed by atoms with Crippen LogP contribution in [0.3, 0.4) is 0 Å². The van der Waals surface area contributed by atoms with E-state index in [2.05, 4.69) is 15.3 Å². The number of amides is 1. The average Bonchev–Trinajstić information content (AvgIpc) is 3.27. The third kappa shape index (κ3) is 3.81. The minimum absolute atomic E-state index is 0.0622. The SMILES string of the molecule is Cc1ccc(NC(=O)c2nc(-c3cccn4c(-c5cccc(F)c5F)ncc34)ccc2C)cc1. The summed E-state index contributed by atoms with van der Waals surface area (Å²) in [5, 5.41) is 2.88. The molecule has 0 aliphatic rings. The highest BCUT2D eigenvalue weighted by atomic mass is 19.2. The first-order valence-electron chi connectivity index (χ1n) is 10.7. The molecule has 0 fully saturated rings. The van der Waals surface area contributed by atoms with E-state index in [4.69, 9.17) is 0 Å². The number of aryl methyl sites for hydroxylation is 2. The van der Waals surface area contributed by atoms with Crippen molar-refractivity contribution in [2.75, 3.05) is 5.32 Å². The largest absolute Gasteiger partial charge is 0.321 e. The summed E-state index contributed by atoms with van der Waals surface area (Å²) in [5.41, 5.74) is 4.81. The van der Waals surface area contributed by atoms with Crippen LogP contribution in [0.2, 0.25) is 0 Å². The van der Waals surface area contributed by atoms with Gasteiger partial charge in [0.05, 0.1) is 23.0 Å². The Bertz CT molecular complexity index is 1540. The number of anilines is 1. The van der Waals surface area contributed by atoms with Gasteiger partial charge in [-0.25, -0.2) is 18.7 Å². The molecule has 168 valence electrons. The monoisotopic (exact) mass is 454 g/mol. The molecule has 3 aromatic heterocycles. The number of nitrogens with one attached hydrogen (secondary N) is 1. The number of carbonyl (C=O) groups excluding carboxylic acids is 1. The zero-order chi connectivity index (χ0) is 23.8. The first-order chi connectivity index (χ1) is 16.4. The minimum Gasteiger partial charge on any atom is -0.321 e. The summed E-state index contributed by atoms with van der Waals surface area (Å²) in [6.07, 6.45) is 3.31. The second kappa shape index (κ2) is 8.51. The van der Waals surface area contributed by atoms with Crippen LogP contribution in [-0.4, -0.2) is 20.3 Å². The molecule has 34 heavy (non-hydrogen) atoms. The Hall–Kier alpha value is -4.39. The number of carbonyl (C=O) groups is 1. The fraction of sp³-hybridized carbons (Fsp3) is 0.0741. The number of rotatable bonds is 4. The molecular weight excluding hydrogens is 434 g/mol. The van der Waals surface area contributed by atoms with E-state index in [1.807, 2.05) is 56.3 Å². The van der Waals surface area contributed by atoms with E-state index in [0.29, 0.717) is 28.2 Å². The van der Waals surface area contributed by atoms with Crippen molar-refractivity contribution in [3.8, 4) is 22.6 Å². The molecule has 5 aromatic rings. The summed E-state index contributed by atoms with van der Waals surface area (Å²) >= 11 is 0. The van der Waals surface area contributed by atoms with Gasteiger partial charge in [-0.05, 0) is 61.9 Å². The molecule has 0 spiro atoms. The van der Waals surface area contributed by atoms with Gasteiger partial charge in [-0.2, -0.15) is 0 Å². The molecule has 0 unspecified atom stereocenters. The number of aromatic nitrogens is 3. The second-order valence-electron chi connectivity index (χ2n) is 8.04. The van der Waals surface area contributed by atoms with Crippen LogP contribution in [0.1, 0.15) is 21.6 Å². The highest BCUT2D eigenvalue weighted by Gasteiger charge is 2.18. The Labute approximate surface area is 194 Å². The van der Waals surface area contributed by atoms with Crippen LogP contribution in [0.25, 0.3) is 28.2 Å². The molecule has 0 aliphatic heterocycles. The number of hydrogen-bond donors (Lipinski definition) is 1. The Balaban J connectivity index is 1.55. The van der Waals surface area contributed by atoms with E-state index >= 15 is 0 Å². The molecule has 7 heteroatoms. The maximum absolute atomic E-state index is 14.4. The summed E-state index contributed by atoms with van der Waals surface area (Å²) in [6, 6.07) is 18.8. The first kappa shape index (κ1) is 21.5. The van der Waals surface area contributed by atoms with Crippen LogP contribution >= 0.6 is 0 Å². The summed E-state index contributed by atoms with van der Waals surface area (Å²) in [4.78, 5) is 21.9. The van der Waals surface area contributed by atoms with Gasteiger partial charge in [0.2, 0.25) is 0 Å². The van der Waals surface area contributed by atoms with E-state index in [1.165, 1.54) is 12.1 Å². The molecule has 0 saturated heterocycles. The molecule has 5 rings (SSSR count). The van der Waals surface area contributed by atoms with Crippen LogP contribution in [0.5, 0.6) is 0 Å². The molecule has 2 aromatic carbocycles. The fourth-order valence-corrected chi connectivity index (χ4v) is 3.85. The maximum Gasteiger partial charge on any atom is 0.274 e. The molecule has 0 bridgehead atoms. The van der Waals surface area contributed by atoms with Gasteiger partial charge in [-0.1, -0.05) is 29.8 Å². The lowest BCUT2D eigenvalue weighted by molar-refractivity contribution is 0.102. The predicted octanol–water partition coefficient (Wildman–Crippen LogP) is 6.21. The standard InChI is InChI=1S/C27H20F2N4O/c1-16-8-11-18(12-9-16)31-27(34)25-17(2)10-13-22(32-25)19-6-4-14-33-23(19)15-30-26(33)20-5-3-7-21(28)24(20)29/h3-15H,1-2H3,(H,31,34). The van der Waals surface area contributed by atoms with Gasteiger partial charge in [0.25, 0.3) is 5.91 Å². The van der Waals surface area contributed by atoms with Crippen molar-refractivity contribution < 1.29 is 13.6 Å². The molecule has 0 saturated carbocycles. The van der Waals surface area contributed by atoms with Gasteiger partial charge in [0.1, 0.15) is 11.5 Å². The van der Waals surface area contributed by atoms with Gasteiger partial charge in [-0.15, -0.1) is 0 Å². The van der Waals surface area contributed by atoms with Crippen molar-refractivity contribution >= 4 is 17.1 Å². The summed E-state index contributed by atoms with van der Waals surface area (Å²) in [5.74, 6) is -1.93. The van der Waals surface area contributed by atoms with E-state index in [-0.39, 0.29) is 17.3 Å². The van der Waals surface area contributed by atoms with Crippen molar-refractivity contribution in [1.82, 2.24) is 14.4 Å². The van der Waals surface area contributed by atoms with Crippen molar-refractivity contribution in [3.63, 3.8) is 0 Å². The minimum atomic E-state index is -0.955. The van der Waals surface area contributed by atoms with Gasteiger partial charge < -0.3 is 5.32 Å².